The summed E-state index contributed by atoms with van der Waals surface area (Å²) < 4.78 is 22.6. The highest BCUT2D eigenvalue weighted by atomic mass is 16.7. The van der Waals surface area contributed by atoms with E-state index in [1.165, 1.54) is 89.9 Å². The summed E-state index contributed by atoms with van der Waals surface area (Å²) in [6, 6.07) is 0. The largest absolute Gasteiger partial charge is 0.457 e. The van der Waals surface area contributed by atoms with Crippen LogP contribution in [0.3, 0.4) is 0 Å². The van der Waals surface area contributed by atoms with Crippen molar-refractivity contribution in [2.45, 2.75) is 192 Å². The molecule has 0 bridgehead atoms. The second kappa shape index (κ2) is 30.0. The topological polar surface area (TPSA) is 135 Å². The third-order valence-corrected chi connectivity index (χ3v) is 8.68. The van der Waals surface area contributed by atoms with E-state index in [9.17, 15) is 25.2 Å². The molecular formula is C37H70O9. The normalized spacial score (nSPS) is 22.4. The van der Waals surface area contributed by atoms with Crippen LogP contribution in [0.15, 0.2) is 12.2 Å². The van der Waals surface area contributed by atoms with Gasteiger partial charge in [-0.1, -0.05) is 122 Å². The van der Waals surface area contributed by atoms with Gasteiger partial charge < -0.3 is 39.4 Å². The zero-order chi connectivity index (χ0) is 33.7. The Balaban J connectivity index is 2.30. The number of esters is 1. The highest BCUT2D eigenvalue weighted by molar-refractivity contribution is 5.69. The third kappa shape index (κ3) is 21.7. The van der Waals surface area contributed by atoms with E-state index in [1.807, 2.05) is 0 Å². The Bertz CT molecular complexity index is 717. The van der Waals surface area contributed by atoms with Gasteiger partial charge in [0.05, 0.1) is 19.8 Å². The third-order valence-electron chi connectivity index (χ3n) is 8.68. The van der Waals surface area contributed by atoms with E-state index in [0.29, 0.717) is 13.0 Å². The van der Waals surface area contributed by atoms with E-state index in [0.717, 1.165) is 44.9 Å². The number of aliphatic hydroxyl groups excluding tert-OH is 4. The molecule has 0 aromatic rings. The molecule has 1 aliphatic heterocycles. The number of hydrogen-bond donors (Lipinski definition) is 4. The Morgan fingerprint density at radius 2 is 1.20 bits per heavy atom. The highest BCUT2D eigenvalue weighted by Gasteiger charge is 2.44. The van der Waals surface area contributed by atoms with Crippen LogP contribution in [0.25, 0.3) is 0 Å². The number of allylic oxidation sites excluding steroid dienone is 2. The molecule has 9 heteroatoms. The van der Waals surface area contributed by atoms with Crippen LogP contribution in [0.5, 0.6) is 0 Å². The smallest absolute Gasteiger partial charge is 0.306 e. The SMILES string of the molecule is CCCCCCCCC/C=C\CCCCCCCC(=O)OC(COCCCCCCCCC)COC1OC(CO)C(O)C(O)C1O. The predicted octanol–water partition coefficient (Wildman–Crippen LogP) is 6.91. The first-order chi connectivity index (χ1) is 22.4. The molecule has 1 heterocycles. The summed E-state index contributed by atoms with van der Waals surface area (Å²) in [7, 11) is 0. The van der Waals surface area contributed by atoms with E-state index in [2.05, 4.69) is 26.0 Å². The van der Waals surface area contributed by atoms with Crippen molar-refractivity contribution in [3.8, 4) is 0 Å². The van der Waals surface area contributed by atoms with Crippen LogP contribution < -0.4 is 0 Å². The maximum absolute atomic E-state index is 12.6. The van der Waals surface area contributed by atoms with Gasteiger partial charge in [0, 0.05) is 13.0 Å². The van der Waals surface area contributed by atoms with Crippen molar-refractivity contribution < 1.29 is 44.2 Å². The lowest BCUT2D eigenvalue weighted by molar-refractivity contribution is -0.305. The average Bonchev–Trinajstić information content (AvgIpc) is 3.05. The maximum Gasteiger partial charge on any atom is 0.306 e. The highest BCUT2D eigenvalue weighted by Crippen LogP contribution is 2.22. The standard InChI is InChI=1S/C37H70O9/c1-3-5-7-9-11-12-13-14-15-16-17-18-19-20-22-24-26-33(39)45-31(29-43-27-25-23-21-10-8-6-4-2)30-44-37-36(42)35(41)34(40)32(28-38)46-37/h15-16,31-32,34-38,40-42H,3-14,17-30H2,1-2H3/b16-15-. The lowest BCUT2D eigenvalue weighted by atomic mass is 9.99. The summed E-state index contributed by atoms with van der Waals surface area (Å²) in [4.78, 5) is 12.6. The van der Waals surface area contributed by atoms with E-state index < -0.39 is 43.4 Å². The average molecular weight is 659 g/mol. The van der Waals surface area contributed by atoms with Crippen LogP contribution in [-0.2, 0) is 23.7 Å². The molecule has 0 radical (unpaired) electrons. The summed E-state index contributed by atoms with van der Waals surface area (Å²) in [6.07, 6.45) is 22.5. The van der Waals surface area contributed by atoms with Crippen LogP contribution in [0.1, 0.15) is 155 Å². The summed E-state index contributed by atoms with van der Waals surface area (Å²) in [5.74, 6) is -0.324. The van der Waals surface area contributed by atoms with Gasteiger partial charge in [0.2, 0.25) is 0 Å². The number of carbonyl (C=O) groups is 1. The molecule has 0 saturated carbocycles. The molecular weight excluding hydrogens is 588 g/mol. The summed E-state index contributed by atoms with van der Waals surface area (Å²) in [5, 5.41) is 39.8. The first kappa shape index (κ1) is 43.0. The quantitative estimate of drug-likeness (QED) is 0.0356. The Hall–Kier alpha value is -1.07. The lowest BCUT2D eigenvalue weighted by Crippen LogP contribution is -2.59. The summed E-state index contributed by atoms with van der Waals surface area (Å²) >= 11 is 0. The van der Waals surface area contributed by atoms with Crippen molar-refractivity contribution in [3.05, 3.63) is 12.2 Å². The second-order valence-electron chi connectivity index (χ2n) is 13.0. The van der Waals surface area contributed by atoms with Gasteiger partial charge in [-0.05, 0) is 38.5 Å². The molecule has 0 spiro atoms. The van der Waals surface area contributed by atoms with Gasteiger partial charge in [-0.25, -0.2) is 0 Å². The van der Waals surface area contributed by atoms with Gasteiger partial charge in [-0.2, -0.15) is 0 Å². The van der Waals surface area contributed by atoms with Crippen molar-refractivity contribution in [2.75, 3.05) is 26.4 Å². The minimum atomic E-state index is -1.53. The predicted molar refractivity (Wildman–Crippen MR) is 182 cm³/mol. The Kier molecular flexibility index (Phi) is 28.0. The number of rotatable bonds is 31. The molecule has 46 heavy (non-hydrogen) atoms. The molecule has 0 amide bonds. The van der Waals surface area contributed by atoms with Gasteiger partial charge >= 0.3 is 5.97 Å². The number of hydrogen-bond acceptors (Lipinski definition) is 9. The fraction of sp³-hybridized carbons (Fsp3) is 0.919. The molecule has 9 nitrogen and oxygen atoms in total. The number of unbranched alkanes of at least 4 members (excludes halogenated alkanes) is 18. The maximum atomic E-state index is 12.6. The van der Waals surface area contributed by atoms with Crippen molar-refractivity contribution in [3.63, 3.8) is 0 Å². The van der Waals surface area contributed by atoms with Crippen LogP contribution >= 0.6 is 0 Å². The molecule has 6 unspecified atom stereocenters. The monoisotopic (exact) mass is 659 g/mol. The zero-order valence-corrected chi connectivity index (χ0v) is 29.3. The van der Waals surface area contributed by atoms with Crippen LogP contribution in [0.2, 0.25) is 0 Å². The lowest BCUT2D eigenvalue weighted by Gasteiger charge is -2.39. The van der Waals surface area contributed by atoms with E-state index >= 15 is 0 Å². The van der Waals surface area contributed by atoms with Crippen LogP contribution in [-0.4, -0.2) is 89.6 Å². The van der Waals surface area contributed by atoms with Crippen molar-refractivity contribution in [2.24, 2.45) is 0 Å². The number of ether oxygens (including phenoxy) is 4. The minimum Gasteiger partial charge on any atom is -0.457 e. The fourth-order valence-corrected chi connectivity index (χ4v) is 5.66. The molecule has 272 valence electrons. The van der Waals surface area contributed by atoms with Crippen molar-refractivity contribution >= 4 is 5.97 Å². The fourth-order valence-electron chi connectivity index (χ4n) is 5.66. The Morgan fingerprint density at radius 1 is 0.674 bits per heavy atom. The summed E-state index contributed by atoms with van der Waals surface area (Å²) in [6.45, 7) is 4.50. The zero-order valence-electron chi connectivity index (χ0n) is 29.3. The van der Waals surface area contributed by atoms with Crippen LogP contribution in [0.4, 0.5) is 0 Å². The van der Waals surface area contributed by atoms with Gasteiger partial charge in [-0.15, -0.1) is 0 Å². The first-order valence-corrected chi connectivity index (χ1v) is 18.8. The Labute approximate surface area is 280 Å². The van der Waals surface area contributed by atoms with Crippen molar-refractivity contribution in [1.29, 1.82) is 0 Å². The molecule has 1 aliphatic rings. The van der Waals surface area contributed by atoms with E-state index in [1.54, 1.807) is 0 Å². The van der Waals surface area contributed by atoms with Gasteiger partial charge in [0.15, 0.2) is 6.29 Å². The molecule has 1 saturated heterocycles. The first-order valence-electron chi connectivity index (χ1n) is 18.8. The second-order valence-corrected chi connectivity index (χ2v) is 13.0. The molecule has 4 N–H and O–H groups in total. The van der Waals surface area contributed by atoms with Gasteiger partial charge in [-0.3, -0.25) is 4.79 Å². The molecule has 1 fully saturated rings. The number of carbonyl (C=O) groups excluding carboxylic acids is 1. The summed E-state index contributed by atoms with van der Waals surface area (Å²) in [5.41, 5.74) is 0. The number of aliphatic hydroxyl groups is 4. The van der Waals surface area contributed by atoms with E-state index in [4.69, 9.17) is 18.9 Å². The minimum absolute atomic E-state index is 0.113. The molecule has 1 rings (SSSR count). The Morgan fingerprint density at radius 3 is 1.76 bits per heavy atom. The molecule has 0 aromatic heterocycles. The van der Waals surface area contributed by atoms with Gasteiger partial charge in [0.25, 0.3) is 0 Å². The molecule has 0 aromatic carbocycles. The van der Waals surface area contributed by atoms with Gasteiger partial charge in [0.1, 0.15) is 30.5 Å². The van der Waals surface area contributed by atoms with Crippen LogP contribution in [0, 0.1) is 0 Å². The molecule has 0 aliphatic carbocycles. The molecule has 6 atom stereocenters. The van der Waals surface area contributed by atoms with E-state index in [-0.39, 0.29) is 19.2 Å². The van der Waals surface area contributed by atoms with Crippen molar-refractivity contribution in [1.82, 2.24) is 0 Å².